The summed E-state index contributed by atoms with van der Waals surface area (Å²) >= 11 is 0. The van der Waals surface area contributed by atoms with E-state index in [1.54, 1.807) is 7.11 Å². The Labute approximate surface area is 120 Å². The van der Waals surface area contributed by atoms with Gasteiger partial charge in [0.05, 0.1) is 12.8 Å². The van der Waals surface area contributed by atoms with Gasteiger partial charge in [-0.05, 0) is 44.6 Å². The highest BCUT2D eigenvalue weighted by molar-refractivity contribution is 5.89. The molecule has 2 N–H and O–H groups in total. The molecule has 20 heavy (non-hydrogen) atoms. The van der Waals surface area contributed by atoms with Gasteiger partial charge in [-0.25, -0.2) is 0 Å². The van der Waals surface area contributed by atoms with Gasteiger partial charge in [0.1, 0.15) is 5.75 Å². The Morgan fingerprint density at radius 3 is 2.90 bits per heavy atom. The Morgan fingerprint density at radius 1 is 1.45 bits per heavy atom. The minimum absolute atomic E-state index is 0.0708. The minimum Gasteiger partial charge on any atom is -0.495 e. The number of carbonyl (C=O) groups is 1. The summed E-state index contributed by atoms with van der Waals surface area (Å²) in [7, 11) is 3.80. The maximum atomic E-state index is 11.1. The van der Waals surface area contributed by atoms with Crippen molar-refractivity contribution in [2.24, 2.45) is 0 Å². The number of piperidine rings is 1. The van der Waals surface area contributed by atoms with E-state index in [0.717, 1.165) is 36.6 Å². The number of amides is 1. The second kappa shape index (κ2) is 6.61. The molecule has 1 unspecified atom stereocenters. The molecular weight excluding hydrogens is 254 g/mol. The number of benzene rings is 1. The first-order valence-electron chi connectivity index (χ1n) is 6.99. The zero-order chi connectivity index (χ0) is 14.5. The Bertz CT molecular complexity index is 476. The number of anilines is 2. The molecule has 1 heterocycles. The monoisotopic (exact) mass is 277 g/mol. The van der Waals surface area contributed by atoms with E-state index in [-0.39, 0.29) is 5.91 Å². The fraction of sp³-hybridized carbons (Fsp3) is 0.533. The van der Waals surface area contributed by atoms with E-state index in [9.17, 15) is 4.79 Å². The SMILES string of the molecule is COc1ccc(NC(C)=O)cc1NC1CCCN(C)C1. The summed E-state index contributed by atoms with van der Waals surface area (Å²) in [6.45, 7) is 3.68. The fourth-order valence-corrected chi connectivity index (χ4v) is 2.61. The second-order valence-corrected chi connectivity index (χ2v) is 5.34. The average Bonchev–Trinajstić information content (AvgIpc) is 2.38. The number of nitrogens with one attached hydrogen (secondary N) is 2. The van der Waals surface area contributed by atoms with Crippen molar-refractivity contribution in [2.45, 2.75) is 25.8 Å². The highest BCUT2D eigenvalue weighted by atomic mass is 16.5. The summed E-state index contributed by atoms with van der Waals surface area (Å²) in [5.41, 5.74) is 1.71. The Kier molecular flexibility index (Phi) is 4.84. The molecule has 1 aromatic rings. The highest BCUT2D eigenvalue weighted by Gasteiger charge is 2.18. The molecule has 5 nitrogen and oxygen atoms in total. The van der Waals surface area contributed by atoms with Crippen LogP contribution in [-0.2, 0) is 4.79 Å². The molecule has 1 aromatic carbocycles. The van der Waals surface area contributed by atoms with Crippen molar-refractivity contribution in [3.8, 4) is 5.75 Å². The molecule has 0 aromatic heterocycles. The number of nitrogens with zero attached hydrogens (tertiary/aromatic N) is 1. The second-order valence-electron chi connectivity index (χ2n) is 5.34. The van der Waals surface area contributed by atoms with Crippen LogP contribution in [0.4, 0.5) is 11.4 Å². The number of rotatable bonds is 4. The number of methoxy groups -OCH3 is 1. The van der Waals surface area contributed by atoms with E-state index in [1.807, 2.05) is 18.2 Å². The van der Waals surface area contributed by atoms with Crippen molar-refractivity contribution in [1.82, 2.24) is 4.90 Å². The molecular formula is C15H23N3O2. The first-order valence-corrected chi connectivity index (χ1v) is 6.99. The van der Waals surface area contributed by atoms with Gasteiger partial charge in [0, 0.05) is 25.2 Å². The largest absolute Gasteiger partial charge is 0.495 e. The quantitative estimate of drug-likeness (QED) is 0.885. The lowest BCUT2D eigenvalue weighted by molar-refractivity contribution is -0.114. The van der Waals surface area contributed by atoms with Gasteiger partial charge in [-0.15, -0.1) is 0 Å². The van der Waals surface area contributed by atoms with Crippen LogP contribution < -0.4 is 15.4 Å². The summed E-state index contributed by atoms with van der Waals surface area (Å²) < 4.78 is 5.38. The van der Waals surface area contributed by atoms with Gasteiger partial charge in [-0.1, -0.05) is 0 Å². The standard InChI is InChI=1S/C15H23N3O2/c1-11(19)16-12-6-7-15(20-3)14(9-12)17-13-5-4-8-18(2)10-13/h6-7,9,13,17H,4-5,8,10H2,1-3H3,(H,16,19). The van der Waals surface area contributed by atoms with Crippen molar-refractivity contribution >= 4 is 17.3 Å². The summed E-state index contributed by atoms with van der Waals surface area (Å²) in [6, 6.07) is 6.06. The topological polar surface area (TPSA) is 53.6 Å². The molecule has 5 heteroatoms. The first-order chi connectivity index (χ1) is 9.58. The molecule has 0 aliphatic carbocycles. The van der Waals surface area contributed by atoms with Crippen LogP contribution in [0.1, 0.15) is 19.8 Å². The maximum Gasteiger partial charge on any atom is 0.221 e. The zero-order valence-electron chi connectivity index (χ0n) is 12.4. The van der Waals surface area contributed by atoms with Crippen molar-refractivity contribution in [3.05, 3.63) is 18.2 Å². The van der Waals surface area contributed by atoms with Gasteiger partial charge >= 0.3 is 0 Å². The van der Waals surface area contributed by atoms with Crippen molar-refractivity contribution < 1.29 is 9.53 Å². The van der Waals surface area contributed by atoms with Crippen LogP contribution in [-0.4, -0.2) is 44.1 Å². The fourth-order valence-electron chi connectivity index (χ4n) is 2.61. The third kappa shape index (κ3) is 3.87. The molecule has 0 bridgehead atoms. The molecule has 2 rings (SSSR count). The maximum absolute atomic E-state index is 11.1. The molecule has 1 amide bonds. The Morgan fingerprint density at radius 2 is 2.25 bits per heavy atom. The molecule has 1 aliphatic rings. The molecule has 1 fully saturated rings. The number of likely N-dealkylation sites (tertiary alicyclic amines) is 1. The zero-order valence-corrected chi connectivity index (χ0v) is 12.4. The predicted octanol–water partition coefficient (Wildman–Crippen LogP) is 2.16. The molecule has 110 valence electrons. The van der Waals surface area contributed by atoms with Crippen LogP contribution in [0.2, 0.25) is 0 Å². The lowest BCUT2D eigenvalue weighted by Gasteiger charge is -2.31. The van der Waals surface area contributed by atoms with Gasteiger partial charge in [-0.2, -0.15) is 0 Å². The number of ether oxygens (including phenoxy) is 1. The van der Waals surface area contributed by atoms with E-state index >= 15 is 0 Å². The van der Waals surface area contributed by atoms with E-state index in [4.69, 9.17) is 4.74 Å². The normalized spacial score (nSPS) is 19.4. The highest BCUT2D eigenvalue weighted by Crippen LogP contribution is 2.29. The van der Waals surface area contributed by atoms with Gasteiger partial charge < -0.3 is 20.3 Å². The van der Waals surface area contributed by atoms with E-state index in [0.29, 0.717) is 6.04 Å². The van der Waals surface area contributed by atoms with E-state index in [2.05, 4.69) is 22.6 Å². The summed E-state index contributed by atoms with van der Waals surface area (Å²) in [5, 5.41) is 6.32. The van der Waals surface area contributed by atoms with Gasteiger partial charge in [0.2, 0.25) is 5.91 Å². The average molecular weight is 277 g/mol. The Hall–Kier alpha value is -1.75. The number of hydrogen-bond donors (Lipinski definition) is 2. The predicted molar refractivity (Wildman–Crippen MR) is 81.4 cm³/mol. The minimum atomic E-state index is -0.0708. The number of carbonyl (C=O) groups excluding carboxylic acids is 1. The molecule has 1 saturated heterocycles. The lowest BCUT2D eigenvalue weighted by atomic mass is 10.1. The molecule has 1 aliphatic heterocycles. The molecule has 1 atom stereocenters. The van der Waals surface area contributed by atoms with Crippen LogP contribution >= 0.6 is 0 Å². The van der Waals surface area contributed by atoms with E-state index in [1.165, 1.54) is 13.3 Å². The van der Waals surface area contributed by atoms with Crippen molar-refractivity contribution in [3.63, 3.8) is 0 Å². The van der Waals surface area contributed by atoms with Crippen molar-refractivity contribution in [2.75, 3.05) is 37.9 Å². The van der Waals surface area contributed by atoms with Crippen LogP contribution in [0, 0.1) is 0 Å². The molecule has 0 radical (unpaired) electrons. The van der Waals surface area contributed by atoms with Crippen LogP contribution in [0.3, 0.4) is 0 Å². The first kappa shape index (κ1) is 14.7. The van der Waals surface area contributed by atoms with Crippen LogP contribution in [0.15, 0.2) is 18.2 Å². The number of likely N-dealkylation sites (N-methyl/N-ethyl adjacent to an activating group) is 1. The summed E-state index contributed by atoms with van der Waals surface area (Å²) in [5.74, 6) is 0.728. The third-order valence-corrected chi connectivity index (χ3v) is 3.50. The van der Waals surface area contributed by atoms with Crippen LogP contribution in [0.25, 0.3) is 0 Å². The smallest absolute Gasteiger partial charge is 0.221 e. The van der Waals surface area contributed by atoms with Crippen molar-refractivity contribution in [1.29, 1.82) is 0 Å². The van der Waals surface area contributed by atoms with Crippen LogP contribution in [0.5, 0.6) is 5.75 Å². The van der Waals surface area contributed by atoms with Gasteiger partial charge in [0.25, 0.3) is 0 Å². The Balaban J connectivity index is 2.13. The lowest BCUT2D eigenvalue weighted by Crippen LogP contribution is -2.39. The molecule has 0 saturated carbocycles. The van der Waals surface area contributed by atoms with Gasteiger partial charge in [-0.3, -0.25) is 4.79 Å². The van der Waals surface area contributed by atoms with E-state index < -0.39 is 0 Å². The molecule has 0 spiro atoms. The van der Waals surface area contributed by atoms with Gasteiger partial charge in [0.15, 0.2) is 0 Å². The number of hydrogen-bond acceptors (Lipinski definition) is 4. The summed E-state index contributed by atoms with van der Waals surface area (Å²) in [6.07, 6.45) is 2.35. The third-order valence-electron chi connectivity index (χ3n) is 3.50. The summed E-state index contributed by atoms with van der Waals surface area (Å²) in [4.78, 5) is 13.5.